The zero-order valence-electron chi connectivity index (χ0n) is 20.3. The molecule has 0 radical (unpaired) electrons. The molecule has 3 N–H and O–H groups in total. The van der Waals surface area contributed by atoms with Crippen LogP contribution in [0.1, 0.15) is 25.5 Å². The third-order valence-corrected chi connectivity index (χ3v) is 6.61. The summed E-state index contributed by atoms with van der Waals surface area (Å²) in [5.74, 6) is 0.305. The minimum absolute atomic E-state index is 0.193. The number of nitrogens with zero attached hydrogens (tertiary/aromatic N) is 1. The summed E-state index contributed by atoms with van der Waals surface area (Å²) >= 11 is 0. The molecule has 36 heavy (non-hydrogen) atoms. The predicted molar refractivity (Wildman–Crippen MR) is 136 cm³/mol. The lowest BCUT2D eigenvalue weighted by atomic mass is 9.75. The van der Waals surface area contributed by atoms with Crippen LogP contribution >= 0.6 is 0 Å². The average Bonchev–Trinajstić information content (AvgIpc) is 2.89. The zero-order valence-corrected chi connectivity index (χ0v) is 20.3. The molecular formula is C28H30FN3O4. The Bertz CT molecular complexity index is 1190. The van der Waals surface area contributed by atoms with Gasteiger partial charge in [0.1, 0.15) is 28.9 Å². The monoisotopic (exact) mass is 491 g/mol. The second-order valence-corrected chi connectivity index (χ2v) is 9.12. The first-order chi connectivity index (χ1) is 17.3. The molecule has 0 aromatic heterocycles. The van der Waals surface area contributed by atoms with Crippen LogP contribution in [0, 0.1) is 11.7 Å². The molecule has 3 aromatic carbocycles. The van der Waals surface area contributed by atoms with Gasteiger partial charge in [0.25, 0.3) is 0 Å². The largest absolute Gasteiger partial charge is 0.465 e. The van der Waals surface area contributed by atoms with Crippen LogP contribution in [-0.2, 0) is 4.79 Å². The molecule has 1 amide bonds. The number of hydrogen-bond acceptors (Lipinski definition) is 5. The highest BCUT2D eigenvalue weighted by molar-refractivity contribution is 5.98. The van der Waals surface area contributed by atoms with Gasteiger partial charge in [-0.05, 0) is 60.0 Å². The Labute approximate surface area is 209 Å². The van der Waals surface area contributed by atoms with E-state index in [2.05, 4.69) is 10.6 Å². The van der Waals surface area contributed by atoms with Crippen LogP contribution in [0.5, 0.6) is 11.5 Å². The van der Waals surface area contributed by atoms with Crippen molar-refractivity contribution in [1.82, 2.24) is 10.2 Å². The normalized spacial score (nSPS) is 18.5. The lowest BCUT2D eigenvalue weighted by Gasteiger charge is -2.48. The highest BCUT2D eigenvalue weighted by atomic mass is 19.1. The molecule has 188 valence electrons. The molecule has 7 nitrogen and oxygen atoms in total. The lowest BCUT2D eigenvalue weighted by molar-refractivity contribution is -0.135. The van der Waals surface area contributed by atoms with E-state index in [0.29, 0.717) is 29.3 Å². The quantitative estimate of drug-likeness (QED) is 0.395. The fraction of sp³-hybridized carbons (Fsp3) is 0.286. The molecule has 0 aliphatic carbocycles. The summed E-state index contributed by atoms with van der Waals surface area (Å²) in [5.41, 5.74) is -0.114. The Hall–Kier alpha value is -3.91. The molecule has 1 aliphatic rings. The number of ketones is 1. The fourth-order valence-corrected chi connectivity index (χ4v) is 4.67. The Morgan fingerprint density at radius 3 is 2.25 bits per heavy atom. The second-order valence-electron chi connectivity index (χ2n) is 9.12. The number of Topliss-reactive ketones (excluding diaryl/α,β-unsaturated/α-hetero) is 1. The zero-order chi connectivity index (χ0) is 25.7. The molecule has 4 rings (SSSR count). The van der Waals surface area contributed by atoms with Gasteiger partial charge in [-0.25, -0.2) is 9.18 Å². The van der Waals surface area contributed by atoms with Crippen molar-refractivity contribution in [1.29, 1.82) is 0 Å². The van der Waals surface area contributed by atoms with Crippen molar-refractivity contribution >= 4 is 17.6 Å². The first-order valence-corrected chi connectivity index (χ1v) is 11.9. The van der Waals surface area contributed by atoms with E-state index in [4.69, 9.17) is 4.74 Å². The van der Waals surface area contributed by atoms with Gasteiger partial charge < -0.3 is 20.5 Å². The van der Waals surface area contributed by atoms with E-state index in [-0.39, 0.29) is 24.8 Å². The minimum atomic E-state index is -1.30. The van der Waals surface area contributed by atoms with Crippen LogP contribution in [-0.4, -0.2) is 47.1 Å². The summed E-state index contributed by atoms with van der Waals surface area (Å²) < 4.78 is 19.6. The smallest absolute Gasteiger partial charge is 0.408 e. The molecule has 1 unspecified atom stereocenters. The molecule has 1 saturated heterocycles. The van der Waals surface area contributed by atoms with Crippen LogP contribution in [0.2, 0.25) is 0 Å². The molecule has 1 aliphatic heterocycles. The van der Waals surface area contributed by atoms with Crippen molar-refractivity contribution in [3.63, 3.8) is 0 Å². The first kappa shape index (κ1) is 25.2. The van der Waals surface area contributed by atoms with Gasteiger partial charge in [-0.15, -0.1) is 0 Å². The van der Waals surface area contributed by atoms with Gasteiger partial charge in [-0.3, -0.25) is 9.69 Å². The maximum absolute atomic E-state index is 14.2. The topological polar surface area (TPSA) is 90.9 Å². The number of carboxylic acid groups (broad SMARTS) is 1. The van der Waals surface area contributed by atoms with Crippen LogP contribution in [0.25, 0.3) is 0 Å². The van der Waals surface area contributed by atoms with Crippen LogP contribution in [0.15, 0.2) is 78.9 Å². The molecule has 0 spiro atoms. The van der Waals surface area contributed by atoms with Crippen molar-refractivity contribution in [2.45, 2.75) is 25.4 Å². The summed E-state index contributed by atoms with van der Waals surface area (Å²) in [5, 5.41) is 16.4. The second kappa shape index (κ2) is 10.8. The van der Waals surface area contributed by atoms with Crippen LogP contribution in [0.3, 0.4) is 0 Å². The third-order valence-electron chi connectivity index (χ3n) is 6.61. The number of carbonyl (C=O) groups excluding carboxylic acids is 1. The Morgan fingerprint density at radius 2 is 1.64 bits per heavy atom. The van der Waals surface area contributed by atoms with Gasteiger partial charge in [0, 0.05) is 25.3 Å². The van der Waals surface area contributed by atoms with Gasteiger partial charge in [-0.1, -0.05) is 44.2 Å². The number of amides is 1. The summed E-state index contributed by atoms with van der Waals surface area (Å²) in [6, 6.07) is 21.3. The molecule has 3 aromatic rings. The van der Waals surface area contributed by atoms with Gasteiger partial charge in [0.2, 0.25) is 0 Å². The van der Waals surface area contributed by atoms with E-state index in [9.17, 15) is 19.1 Å². The third kappa shape index (κ3) is 5.18. The number of halogens is 1. The minimum Gasteiger partial charge on any atom is -0.465 e. The number of anilines is 1. The van der Waals surface area contributed by atoms with Gasteiger partial charge in [0.05, 0.1) is 0 Å². The van der Waals surface area contributed by atoms with E-state index in [1.165, 1.54) is 17.0 Å². The van der Waals surface area contributed by atoms with Crippen molar-refractivity contribution in [3.05, 3.63) is 90.2 Å². The molecule has 2 atom stereocenters. The maximum Gasteiger partial charge on any atom is 0.408 e. The number of rotatable bonds is 8. The number of benzene rings is 3. The Kier molecular flexibility index (Phi) is 7.55. The number of hydrogen-bond donors (Lipinski definition) is 3. The van der Waals surface area contributed by atoms with Crippen molar-refractivity contribution < 1.29 is 23.8 Å². The predicted octanol–water partition coefficient (Wildman–Crippen LogP) is 5.32. The van der Waals surface area contributed by atoms with Crippen molar-refractivity contribution in [3.8, 4) is 11.5 Å². The van der Waals surface area contributed by atoms with Crippen molar-refractivity contribution in [2.75, 3.05) is 25.0 Å². The van der Waals surface area contributed by atoms with Gasteiger partial charge >= 0.3 is 6.09 Å². The van der Waals surface area contributed by atoms with Crippen LogP contribution in [0.4, 0.5) is 14.9 Å². The Balaban J connectivity index is 1.67. The number of ether oxygens (including phenoxy) is 1. The molecular weight excluding hydrogens is 461 g/mol. The van der Waals surface area contributed by atoms with Gasteiger partial charge in [0.15, 0.2) is 5.78 Å². The van der Waals surface area contributed by atoms with Gasteiger partial charge in [-0.2, -0.15) is 0 Å². The number of piperazine rings is 1. The summed E-state index contributed by atoms with van der Waals surface area (Å²) in [4.78, 5) is 27.7. The maximum atomic E-state index is 14.2. The number of nitrogens with one attached hydrogen (secondary N) is 2. The summed E-state index contributed by atoms with van der Waals surface area (Å²) in [6.07, 6.45) is -1.14. The van der Waals surface area contributed by atoms with Crippen LogP contribution < -0.4 is 15.4 Å². The van der Waals surface area contributed by atoms with E-state index < -0.39 is 23.5 Å². The average molecular weight is 492 g/mol. The fourth-order valence-electron chi connectivity index (χ4n) is 4.67. The molecule has 8 heteroatoms. The lowest BCUT2D eigenvalue weighted by Crippen LogP contribution is -2.70. The summed E-state index contributed by atoms with van der Waals surface area (Å²) in [6.45, 7) is 4.54. The Morgan fingerprint density at radius 1 is 1.00 bits per heavy atom. The van der Waals surface area contributed by atoms with E-state index in [0.717, 1.165) is 0 Å². The highest BCUT2D eigenvalue weighted by Crippen LogP contribution is 2.35. The standard InChI is InChI=1S/C28H30FN3O4/c1-19(2)28(18-30-16-17-32(28)27(34)35)26(33)25(20-8-10-21(29)11-9-20)31-22-12-14-24(15-13-22)36-23-6-4-3-5-7-23/h3-15,19,25,30-31H,16-18H2,1-2H3,(H,34,35)/t25?,28-/m0/s1. The van der Waals surface area contributed by atoms with E-state index in [1.54, 1.807) is 36.4 Å². The summed E-state index contributed by atoms with van der Waals surface area (Å²) in [7, 11) is 0. The van der Waals surface area contributed by atoms with Crippen molar-refractivity contribution in [2.24, 2.45) is 5.92 Å². The first-order valence-electron chi connectivity index (χ1n) is 11.9. The molecule has 0 bridgehead atoms. The molecule has 0 saturated carbocycles. The van der Waals surface area contributed by atoms with E-state index in [1.807, 2.05) is 44.2 Å². The SMILES string of the molecule is CC(C)[C@]1(C(=O)C(Nc2ccc(Oc3ccccc3)cc2)c2ccc(F)cc2)CNCCN1C(=O)O. The molecule has 1 fully saturated rings. The highest BCUT2D eigenvalue weighted by Gasteiger charge is 2.52. The number of para-hydroxylation sites is 1. The molecule has 1 heterocycles. The number of carbonyl (C=O) groups is 2. The van der Waals surface area contributed by atoms with E-state index >= 15 is 0 Å².